The molecule has 1 aromatic carbocycles. The molecule has 0 spiro atoms. The number of carboxylic acids is 1. The van der Waals surface area contributed by atoms with Gasteiger partial charge in [-0.3, -0.25) is 19.3 Å². The van der Waals surface area contributed by atoms with Gasteiger partial charge in [0.05, 0.1) is 0 Å². The fourth-order valence-corrected chi connectivity index (χ4v) is 5.93. The summed E-state index contributed by atoms with van der Waals surface area (Å²) in [5, 5.41) is 21.6. The number of allylic oxidation sites excluding steroid dienone is 1. The van der Waals surface area contributed by atoms with Gasteiger partial charge in [-0.1, -0.05) is 6.07 Å². The average molecular weight is 537 g/mol. The lowest BCUT2D eigenvalue weighted by atomic mass is 10.0. The second kappa shape index (κ2) is 10.3. The molecule has 3 amide bonds. The predicted molar refractivity (Wildman–Crippen MR) is 137 cm³/mol. The Morgan fingerprint density at radius 3 is 2.68 bits per heavy atom. The van der Waals surface area contributed by atoms with Crippen LogP contribution in [-0.2, 0) is 32.3 Å². The summed E-state index contributed by atoms with van der Waals surface area (Å²) >= 11 is 1.40. The first kappa shape index (κ1) is 25.5. The van der Waals surface area contributed by atoms with E-state index >= 15 is 0 Å². The van der Waals surface area contributed by atoms with Gasteiger partial charge in [0.15, 0.2) is 12.4 Å². The zero-order valence-corrected chi connectivity index (χ0v) is 21.1. The summed E-state index contributed by atoms with van der Waals surface area (Å²) in [5.41, 5.74) is 8.03. The van der Waals surface area contributed by atoms with Gasteiger partial charge in [0.2, 0.25) is 18.4 Å². The smallest absolute Gasteiger partial charge is 0.352 e. The molecular formula is C26H26N5O6S+. The highest BCUT2D eigenvalue weighted by Gasteiger charge is 2.51. The number of carbonyl (C=O) groups is 4. The zero-order valence-electron chi connectivity index (χ0n) is 20.2. The van der Waals surface area contributed by atoms with Gasteiger partial charge in [-0.25, -0.2) is 4.79 Å². The Balaban J connectivity index is 1.21. The maximum atomic E-state index is 13.1. The van der Waals surface area contributed by atoms with E-state index in [4.69, 9.17) is 5.73 Å². The molecule has 5 rings (SSSR count). The van der Waals surface area contributed by atoms with E-state index in [0.29, 0.717) is 42.1 Å². The van der Waals surface area contributed by atoms with Gasteiger partial charge >= 0.3 is 5.97 Å². The summed E-state index contributed by atoms with van der Waals surface area (Å²) in [6.07, 6.45) is 5.58. The van der Waals surface area contributed by atoms with E-state index < -0.39 is 17.9 Å². The van der Waals surface area contributed by atoms with Crippen LogP contribution in [0.4, 0.5) is 5.69 Å². The van der Waals surface area contributed by atoms with Crippen molar-refractivity contribution in [1.82, 2.24) is 9.80 Å². The SMILES string of the molecule is N[C@@H]1C(=O)N2C(C(=O)O)=C(/C=C3\CCN(Cc4cc[n+](CC(=O)Nc5cccc(O)c5)cc4)C3=O)CS[C@H]12. The minimum atomic E-state index is -1.21. The van der Waals surface area contributed by atoms with Crippen LogP contribution in [-0.4, -0.2) is 67.4 Å². The molecular weight excluding hydrogens is 510 g/mol. The summed E-state index contributed by atoms with van der Waals surface area (Å²) in [5.74, 6) is -1.63. The lowest BCUT2D eigenvalue weighted by Gasteiger charge is -2.47. The first-order valence-corrected chi connectivity index (χ1v) is 13.0. The van der Waals surface area contributed by atoms with Crippen molar-refractivity contribution in [3.63, 3.8) is 0 Å². The Hall–Kier alpha value is -4.16. The normalized spacial score (nSPS) is 22.0. The van der Waals surface area contributed by atoms with Crippen LogP contribution in [0.15, 0.2) is 71.7 Å². The third-order valence-electron chi connectivity index (χ3n) is 6.59. The molecule has 11 nitrogen and oxygen atoms in total. The number of nitrogens with one attached hydrogen (secondary N) is 1. The highest BCUT2D eigenvalue weighted by Crippen LogP contribution is 2.40. The van der Waals surface area contributed by atoms with Crippen molar-refractivity contribution in [3.8, 4) is 5.75 Å². The number of benzene rings is 1. The van der Waals surface area contributed by atoms with Gasteiger partial charge in [-0.05, 0) is 35.8 Å². The second-order valence-corrected chi connectivity index (χ2v) is 10.3. The topological polar surface area (TPSA) is 157 Å². The highest BCUT2D eigenvalue weighted by molar-refractivity contribution is 8.00. The molecule has 3 aliphatic rings. The standard InChI is InChI=1S/C26H25N5O6S/c27-21-24(35)31-22(26(36)37)17(14-38-25(21)31)10-16-6-9-30(23(16)34)12-15-4-7-29(8-5-15)13-20(33)28-18-2-1-3-19(32)11-18/h1-5,7-8,10-11,21,25H,6,9,12-14,27H2,(H2-,28,32,33,36,37)/p+1/b16-10+/t21-,25-/m1/s1. The van der Waals surface area contributed by atoms with E-state index in [2.05, 4.69) is 5.32 Å². The molecule has 1 aromatic heterocycles. The van der Waals surface area contributed by atoms with Crippen molar-refractivity contribution in [2.45, 2.75) is 30.9 Å². The number of carboxylic acid groups (broad SMARTS) is 1. The molecule has 0 radical (unpaired) electrons. The number of aromatic nitrogens is 1. The number of thioether (sulfide) groups is 1. The minimum absolute atomic E-state index is 0.0653. The summed E-state index contributed by atoms with van der Waals surface area (Å²) < 4.78 is 1.70. The van der Waals surface area contributed by atoms with E-state index in [1.54, 1.807) is 40.1 Å². The molecule has 196 valence electrons. The van der Waals surface area contributed by atoms with Crippen LogP contribution in [0.1, 0.15) is 12.0 Å². The van der Waals surface area contributed by atoms with Gasteiger partial charge in [0.1, 0.15) is 22.9 Å². The van der Waals surface area contributed by atoms with Crippen LogP contribution in [0.25, 0.3) is 0 Å². The first-order chi connectivity index (χ1) is 18.2. The number of aromatic hydroxyl groups is 1. The number of likely N-dealkylation sites (tertiary alicyclic amines) is 1. The number of fused-ring (bicyclic) bond motifs is 1. The van der Waals surface area contributed by atoms with Crippen molar-refractivity contribution >= 4 is 41.1 Å². The minimum Gasteiger partial charge on any atom is -0.508 e. The number of hydrogen-bond donors (Lipinski definition) is 4. The quantitative estimate of drug-likeness (QED) is 0.227. The first-order valence-electron chi connectivity index (χ1n) is 11.9. The molecule has 0 unspecified atom stereocenters. The average Bonchev–Trinajstić information content (AvgIpc) is 3.22. The maximum absolute atomic E-state index is 13.1. The lowest BCUT2D eigenvalue weighted by Crippen LogP contribution is -2.68. The molecule has 0 aliphatic carbocycles. The van der Waals surface area contributed by atoms with Crippen LogP contribution in [0.5, 0.6) is 5.75 Å². The number of phenolic OH excluding ortho intramolecular Hbond substituents is 1. The third-order valence-corrected chi connectivity index (χ3v) is 7.92. The number of rotatable bonds is 7. The van der Waals surface area contributed by atoms with E-state index in [1.807, 2.05) is 12.1 Å². The Morgan fingerprint density at radius 2 is 1.97 bits per heavy atom. The van der Waals surface area contributed by atoms with E-state index in [9.17, 15) is 29.4 Å². The number of anilines is 1. The molecule has 0 bridgehead atoms. The number of β-lactam (4-membered cyclic amide) rings is 1. The monoisotopic (exact) mass is 536 g/mol. The Morgan fingerprint density at radius 1 is 1.21 bits per heavy atom. The molecule has 12 heteroatoms. The summed E-state index contributed by atoms with van der Waals surface area (Å²) in [7, 11) is 0. The van der Waals surface area contributed by atoms with Crippen molar-refractivity contribution in [2.75, 3.05) is 17.6 Å². The number of pyridine rings is 1. The Labute approximate surface area is 222 Å². The molecule has 2 fully saturated rings. The molecule has 0 saturated carbocycles. The number of amides is 3. The number of phenols is 1. The molecule has 2 saturated heterocycles. The van der Waals surface area contributed by atoms with Gasteiger partial charge in [0.25, 0.3) is 5.91 Å². The highest BCUT2D eigenvalue weighted by atomic mass is 32.2. The van der Waals surface area contributed by atoms with Crippen molar-refractivity contribution < 1.29 is 34.0 Å². The van der Waals surface area contributed by atoms with E-state index in [1.165, 1.54) is 28.8 Å². The fraction of sp³-hybridized carbons (Fsp3) is 0.269. The summed E-state index contributed by atoms with van der Waals surface area (Å²) in [6, 6.07) is 9.27. The number of aliphatic carboxylic acids is 1. The van der Waals surface area contributed by atoms with Crippen LogP contribution in [0.3, 0.4) is 0 Å². The lowest BCUT2D eigenvalue weighted by molar-refractivity contribution is -0.684. The summed E-state index contributed by atoms with van der Waals surface area (Å²) in [4.78, 5) is 52.3. The molecule has 2 aromatic rings. The van der Waals surface area contributed by atoms with Gasteiger partial charge in [0, 0.05) is 48.3 Å². The van der Waals surface area contributed by atoms with Gasteiger partial charge in [-0.2, -0.15) is 4.57 Å². The molecule has 38 heavy (non-hydrogen) atoms. The number of nitrogens with zero attached hydrogens (tertiary/aromatic N) is 3. The largest absolute Gasteiger partial charge is 0.508 e. The van der Waals surface area contributed by atoms with Gasteiger partial charge in [-0.15, -0.1) is 11.8 Å². The summed E-state index contributed by atoms with van der Waals surface area (Å²) in [6.45, 7) is 0.939. The van der Waals surface area contributed by atoms with E-state index in [-0.39, 0.29) is 35.2 Å². The van der Waals surface area contributed by atoms with Crippen LogP contribution in [0.2, 0.25) is 0 Å². The second-order valence-electron chi connectivity index (χ2n) is 9.24. The van der Waals surface area contributed by atoms with Crippen LogP contribution >= 0.6 is 11.8 Å². The number of hydrogen-bond acceptors (Lipinski definition) is 7. The van der Waals surface area contributed by atoms with Crippen LogP contribution < -0.4 is 15.6 Å². The van der Waals surface area contributed by atoms with Gasteiger partial charge < -0.3 is 26.2 Å². The van der Waals surface area contributed by atoms with Crippen LogP contribution in [0, 0.1) is 0 Å². The van der Waals surface area contributed by atoms with E-state index in [0.717, 1.165) is 5.56 Å². The van der Waals surface area contributed by atoms with Crippen molar-refractivity contribution in [3.05, 3.63) is 77.3 Å². The molecule has 5 N–H and O–H groups in total. The fourth-order valence-electron chi connectivity index (χ4n) is 4.68. The molecule has 4 heterocycles. The zero-order chi connectivity index (χ0) is 27.0. The molecule has 3 aliphatic heterocycles. The predicted octanol–water partition coefficient (Wildman–Crippen LogP) is 0.558. The number of carbonyl (C=O) groups excluding carboxylic acids is 3. The molecule has 2 atom stereocenters. The Bertz CT molecular complexity index is 1390. The third kappa shape index (κ3) is 5.00. The van der Waals surface area contributed by atoms with Crippen molar-refractivity contribution in [1.29, 1.82) is 0 Å². The van der Waals surface area contributed by atoms with Crippen molar-refractivity contribution in [2.24, 2.45) is 5.73 Å². The maximum Gasteiger partial charge on any atom is 0.352 e. The number of nitrogens with two attached hydrogens (primary N) is 1. The Kier molecular flexibility index (Phi) is 6.91.